The quantitative estimate of drug-likeness (QED) is 0.668. The van der Waals surface area contributed by atoms with Crippen LogP contribution >= 0.6 is 0 Å². The van der Waals surface area contributed by atoms with Crippen LogP contribution in [0.1, 0.15) is 39.0 Å². The molecule has 6 heteroatoms. The van der Waals surface area contributed by atoms with Gasteiger partial charge in [0.05, 0.1) is 25.7 Å². The number of carbonyl (C=O) groups excluding carboxylic acids is 2. The molecule has 1 N–H and O–H groups in total. The van der Waals surface area contributed by atoms with Crippen molar-refractivity contribution < 1.29 is 19.1 Å². The van der Waals surface area contributed by atoms with Gasteiger partial charge in [0.15, 0.2) is 0 Å². The predicted molar refractivity (Wildman–Crippen MR) is 77.8 cm³/mol. The maximum Gasteiger partial charge on any atom is 0.325 e. The molecule has 2 aliphatic rings. The van der Waals surface area contributed by atoms with Crippen LogP contribution in [0.15, 0.2) is 0 Å². The molecular weight excluding hydrogens is 272 g/mol. The summed E-state index contributed by atoms with van der Waals surface area (Å²) in [6.45, 7) is 4.60. The molecular formula is C15H26N2O4. The molecule has 21 heavy (non-hydrogen) atoms. The fourth-order valence-corrected chi connectivity index (χ4v) is 2.57. The lowest BCUT2D eigenvalue weighted by molar-refractivity contribution is -0.149. The van der Waals surface area contributed by atoms with E-state index in [1.807, 2.05) is 0 Å². The second kappa shape index (κ2) is 8.34. The fraction of sp³-hybridized carbons (Fsp3) is 0.867. The molecule has 120 valence electrons. The van der Waals surface area contributed by atoms with Crippen LogP contribution in [0.25, 0.3) is 0 Å². The van der Waals surface area contributed by atoms with E-state index in [-0.39, 0.29) is 30.6 Å². The van der Waals surface area contributed by atoms with Crippen LogP contribution in [0, 0.1) is 0 Å². The number of rotatable bonds is 8. The third-order valence-corrected chi connectivity index (χ3v) is 3.87. The molecule has 1 aliphatic heterocycles. The van der Waals surface area contributed by atoms with Crippen LogP contribution < -0.4 is 5.32 Å². The molecule has 0 spiro atoms. The Morgan fingerprint density at radius 2 is 1.90 bits per heavy atom. The third-order valence-electron chi connectivity index (χ3n) is 3.87. The first-order valence-electron chi connectivity index (χ1n) is 7.98. The van der Waals surface area contributed by atoms with Gasteiger partial charge in [0.25, 0.3) is 0 Å². The number of esters is 1. The van der Waals surface area contributed by atoms with Crippen LogP contribution in [-0.2, 0) is 19.1 Å². The molecule has 0 radical (unpaired) electrons. The minimum atomic E-state index is -0.322. The second-order valence-electron chi connectivity index (χ2n) is 5.63. The first-order valence-corrected chi connectivity index (χ1v) is 7.98. The average Bonchev–Trinajstić information content (AvgIpc) is 3.30. The molecule has 0 bridgehead atoms. The second-order valence-corrected chi connectivity index (χ2v) is 5.63. The van der Waals surface area contributed by atoms with Crippen molar-refractivity contribution in [2.24, 2.45) is 0 Å². The molecule has 0 unspecified atom stereocenters. The number of nitrogens with zero attached hydrogens (tertiary/aromatic N) is 1. The van der Waals surface area contributed by atoms with Gasteiger partial charge in [-0.1, -0.05) is 0 Å². The highest BCUT2D eigenvalue weighted by atomic mass is 16.5. The number of ether oxygens (including phenoxy) is 2. The van der Waals surface area contributed by atoms with Crippen LogP contribution in [-0.4, -0.2) is 61.8 Å². The minimum Gasteiger partial charge on any atom is -0.465 e. The van der Waals surface area contributed by atoms with Gasteiger partial charge in [0, 0.05) is 6.04 Å². The molecule has 1 saturated carbocycles. The van der Waals surface area contributed by atoms with Crippen molar-refractivity contribution in [2.45, 2.75) is 51.2 Å². The van der Waals surface area contributed by atoms with Crippen molar-refractivity contribution in [1.29, 1.82) is 0 Å². The van der Waals surface area contributed by atoms with E-state index in [1.54, 1.807) is 11.8 Å². The van der Waals surface area contributed by atoms with Gasteiger partial charge in [0.2, 0.25) is 5.91 Å². The van der Waals surface area contributed by atoms with Gasteiger partial charge < -0.3 is 19.7 Å². The Morgan fingerprint density at radius 3 is 2.52 bits per heavy atom. The van der Waals surface area contributed by atoms with Crippen molar-refractivity contribution in [2.75, 3.05) is 32.8 Å². The van der Waals surface area contributed by atoms with E-state index in [4.69, 9.17) is 9.47 Å². The molecule has 0 aromatic heterocycles. The highest BCUT2D eigenvalue weighted by Gasteiger charge is 2.33. The highest BCUT2D eigenvalue weighted by molar-refractivity contribution is 5.82. The lowest BCUT2D eigenvalue weighted by Gasteiger charge is -2.24. The van der Waals surface area contributed by atoms with Gasteiger partial charge in [-0.15, -0.1) is 0 Å². The minimum absolute atomic E-state index is 0.000475. The Labute approximate surface area is 126 Å². The van der Waals surface area contributed by atoms with Crippen LogP contribution in [0.3, 0.4) is 0 Å². The van der Waals surface area contributed by atoms with Crippen molar-refractivity contribution in [1.82, 2.24) is 10.2 Å². The van der Waals surface area contributed by atoms with Gasteiger partial charge in [-0.3, -0.25) is 9.59 Å². The largest absolute Gasteiger partial charge is 0.465 e. The highest BCUT2D eigenvalue weighted by Crippen LogP contribution is 2.27. The number of amides is 1. The molecule has 2 fully saturated rings. The van der Waals surface area contributed by atoms with Crippen molar-refractivity contribution in [3.05, 3.63) is 0 Å². The Kier molecular flexibility index (Phi) is 6.45. The summed E-state index contributed by atoms with van der Waals surface area (Å²) in [4.78, 5) is 25.4. The molecule has 0 aromatic carbocycles. The fourth-order valence-electron chi connectivity index (χ4n) is 2.57. The first kappa shape index (κ1) is 16.2. The maximum atomic E-state index is 12.2. The van der Waals surface area contributed by atoms with E-state index in [1.165, 1.54) is 0 Å². The van der Waals surface area contributed by atoms with E-state index in [0.717, 1.165) is 38.8 Å². The number of carbonyl (C=O) groups is 2. The molecule has 0 atom stereocenters. The Morgan fingerprint density at radius 1 is 1.19 bits per heavy atom. The van der Waals surface area contributed by atoms with Crippen molar-refractivity contribution in [3.8, 4) is 0 Å². The molecule has 0 aromatic rings. The molecule has 1 amide bonds. The van der Waals surface area contributed by atoms with Crippen molar-refractivity contribution in [3.63, 3.8) is 0 Å². The summed E-state index contributed by atoms with van der Waals surface area (Å²) in [5.74, 6) is -0.323. The monoisotopic (exact) mass is 298 g/mol. The summed E-state index contributed by atoms with van der Waals surface area (Å²) in [6.07, 6.45) is 4.59. The van der Waals surface area contributed by atoms with Crippen LogP contribution in [0.5, 0.6) is 0 Å². The summed E-state index contributed by atoms with van der Waals surface area (Å²) in [5.41, 5.74) is 0. The number of hydrogen-bond acceptors (Lipinski definition) is 5. The smallest absolute Gasteiger partial charge is 0.325 e. The number of nitrogens with one attached hydrogen (secondary N) is 1. The van der Waals surface area contributed by atoms with Gasteiger partial charge in [0.1, 0.15) is 6.54 Å². The lowest BCUT2D eigenvalue weighted by Crippen LogP contribution is -2.39. The SMILES string of the molecule is CCOC(=O)CN(C(=O)CCOC1CCNCC1)C1CC1. The lowest BCUT2D eigenvalue weighted by atomic mass is 10.1. The predicted octanol–water partition coefficient (Wildman–Crippen LogP) is 0.699. The van der Waals surface area contributed by atoms with Gasteiger partial charge in [-0.25, -0.2) is 0 Å². The zero-order valence-electron chi connectivity index (χ0n) is 12.8. The molecule has 1 heterocycles. The van der Waals surface area contributed by atoms with E-state index < -0.39 is 0 Å². The molecule has 2 rings (SSSR count). The van der Waals surface area contributed by atoms with E-state index in [0.29, 0.717) is 19.6 Å². The zero-order valence-corrected chi connectivity index (χ0v) is 12.8. The van der Waals surface area contributed by atoms with E-state index in [9.17, 15) is 9.59 Å². The first-order chi connectivity index (χ1) is 10.2. The number of hydrogen-bond donors (Lipinski definition) is 1. The summed E-state index contributed by atoms with van der Waals surface area (Å²) < 4.78 is 10.7. The third kappa shape index (κ3) is 5.63. The van der Waals surface area contributed by atoms with E-state index in [2.05, 4.69) is 5.32 Å². The number of piperidine rings is 1. The molecule has 1 aliphatic carbocycles. The molecule has 6 nitrogen and oxygen atoms in total. The van der Waals surface area contributed by atoms with E-state index >= 15 is 0 Å². The zero-order chi connectivity index (χ0) is 15.1. The maximum absolute atomic E-state index is 12.2. The Bertz CT molecular complexity index is 352. The molecule has 1 saturated heterocycles. The van der Waals surface area contributed by atoms with Crippen molar-refractivity contribution >= 4 is 11.9 Å². The van der Waals surface area contributed by atoms with Crippen LogP contribution in [0.2, 0.25) is 0 Å². The summed E-state index contributed by atoms with van der Waals surface area (Å²) in [5, 5.41) is 3.28. The van der Waals surface area contributed by atoms with Gasteiger partial charge in [-0.05, 0) is 45.7 Å². The summed E-state index contributed by atoms with van der Waals surface area (Å²) >= 11 is 0. The standard InChI is InChI=1S/C15H26N2O4/c1-2-20-15(19)11-17(12-3-4-12)14(18)7-10-21-13-5-8-16-9-6-13/h12-13,16H,2-11H2,1H3. The van der Waals surface area contributed by atoms with Gasteiger partial charge >= 0.3 is 5.97 Å². The Hall–Kier alpha value is -1.14. The van der Waals surface area contributed by atoms with Gasteiger partial charge in [-0.2, -0.15) is 0 Å². The Balaban J connectivity index is 1.69. The normalized spacial score (nSPS) is 19.3. The summed E-state index contributed by atoms with van der Waals surface area (Å²) in [6, 6.07) is 0.223. The average molecular weight is 298 g/mol. The summed E-state index contributed by atoms with van der Waals surface area (Å²) in [7, 11) is 0. The van der Waals surface area contributed by atoms with Crippen LogP contribution in [0.4, 0.5) is 0 Å². The topological polar surface area (TPSA) is 67.9 Å².